The van der Waals surface area contributed by atoms with Crippen molar-refractivity contribution in [3.63, 3.8) is 0 Å². The van der Waals surface area contributed by atoms with Gasteiger partial charge in [0, 0.05) is 25.1 Å². The van der Waals surface area contributed by atoms with Crippen LogP contribution >= 0.6 is 0 Å². The van der Waals surface area contributed by atoms with E-state index >= 15 is 0 Å². The van der Waals surface area contributed by atoms with Gasteiger partial charge in [-0.05, 0) is 56.3 Å². The van der Waals surface area contributed by atoms with Crippen LogP contribution < -0.4 is 15.4 Å². The van der Waals surface area contributed by atoms with Gasteiger partial charge >= 0.3 is 6.01 Å². The molecule has 1 saturated heterocycles. The Morgan fingerprint density at radius 2 is 1.88 bits per heavy atom. The molecule has 0 atom stereocenters. The molecule has 0 radical (unpaired) electrons. The van der Waals surface area contributed by atoms with Gasteiger partial charge in [-0.1, -0.05) is 37.6 Å². The summed E-state index contributed by atoms with van der Waals surface area (Å²) in [6.07, 6.45) is 6.61. The summed E-state index contributed by atoms with van der Waals surface area (Å²) >= 11 is 0. The number of ether oxygens (including phenoxy) is 1. The zero-order valence-electron chi connectivity index (χ0n) is 19.0. The van der Waals surface area contributed by atoms with Crippen LogP contribution in [0.15, 0.2) is 24.3 Å². The van der Waals surface area contributed by atoms with E-state index in [2.05, 4.69) is 46.0 Å². The number of benzene rings is 1. The number of unbranched alkanes of at least 4 members (excludes halogenated alkanes) is 1. The van der Waals surface area contributed by atoms with Crippen LogP contribution in [0, 0.1) is 0 Å². The number of carbonyl (C=O) groups excluding carboxylic acids is 1. The topological polar surface area (TPSA) is 84.6 Å². The number of ketones is 1. The highest BCUT2D eigenvalue weighted by atomic mass is 16.5. The first-order valence-corrected chi connectivity index (χ1v) is 12.0. The third-order valence-corrected chi connectivity index (χ3v) is 7.02. The quantitative estimate of drug-likeness (QED) is 0.635. The molecule has 7 heteroatoms. The maximum absolute atomic E-state index is 13.1. The zero-order chi connectivity index (χ0) is 22.1. The van der Waals surface area contributed by atoms with Crippen molar-refractivity contribution in [1.82, 2.24) is 14.9 Å². The van der Waals surface area contributed by atoms with Crippen LogP contribution in [0.4, 0.5) is 11.6 Å². The third kappa shape index (κ3) is 4.06. The maximum Gasteiger partial charge on any atom is 0.320 e. The largest absolute Gasteiger partial charge is 0.463 e. The smallest absolute Gasteiger partial charge is 0.320 e. The highest BCUT2D eigenvalue weighted by Crippen LogP contribution is 2.50. The molecule has 1 saturated carbocycles. The van der Waals surface area contributed by atoms with Gasteiger partial charge in [0.1, 0.15) is 17.2 Å². The fraction of sp³-hybridized carbons (Fsp3) is 0.560. The Morgan fingerprint density at radius 3 is 2.59 bits per heavy atom. The Balaban J connectivity index is 1.43. The second-order valence-corrected chi connectivity index (χ2v) is 9.42. The van der Waals surface area contributed by atoms with Gasteiger partial charge in [-0.15, -0.1) is 0 Å². The van der Waals surface area contributed by atoms with E-state index in [1.807, 2.05) is 0 Å². The van der Waals surface area contributed by atoms with Crippen LogP contribution in [0.3, 0.4) is 0 Å². The Kier molecular flexibility index (Phi) is 5.76. The summed E-state index contributed by atoms with van der Waals surface area (Å²) in [6, 6.07) is 9.06. The summed E-state index contributed by atoms with van der Waals surface area (Å²) < 4.78 is 5.78. The molecule has 3 aliphatic rings. The van der Waals surface area contributed by atoms with Gasteiger partial charge in [-0.3, -0.25) is 9.69 Å². The van der Waals surface area contributed by atoms with Crippen molar-refractivity contribution >= 4 is 17.4 Å². The Labute approximate surface area is 190 Å². The normalized spacial score (nSPS) is 19.4. The monoisotopic (exact) mass is 435 g/mol. The highest BCUT2D eigenvalue weighted by molar-refractivity contribution is 6.00. The van der Waals surface area contributed by atoms with Gasteiger partial charge in [0.2, 0.25) is 0 Å². The summed E-state index contributed by atoms with van der Waals surface area (Å²) in [5.74, 6) is 1.36. The lowest BCUT2D eigenvalue weighted by Crippen LogP contribution is -2.48. The van der Waals surface area contributed by atoms with Crippen molar-refractivity contribution in [1.29, 1.82) is 0 Å². The third-order valence-electron chi connectivity index (χ3n) is 7.02. The van der Waals surface area contributed by atoms with E-state index in [0.29, 0.717) is 31.4 Å². The number of hydrogen-bond donors (Lipinski definition) is 1. The number of aromatic nitrogens is 2. The predicted octanol–water partition coefficient (Wildman–Crippen LogP) is 3.50. The lowest BCUT2D eigenvalue weighted by molar-refractivity contribution is -0.121. The molecule has 1 aromatic carbocycles. The van der Waals surface area contributed by atoms with Crippen molar-refractivity contribution in [2.45, 2.75) is 70.5 Å². The van der Waals surface area contributed by atoms with E-state index in [4.69, 9.17) is 15.5 Å². The van der Waals surface area contributed by atoms with Gasteiger partial charge in [0.05, 0.1) is 6.61 Å². The molecular formula is C25H33N5O2. The van der Waals surface area contributed by atoms with Crippen LogP contribution in [0.1, 0.15) is 62.1 Å². The van der Waals surface area contributed by atoms with E-state index in [1.54, 1.807) is 0 Å². The summed E-state index contributed by atoms with van der Waals surface area (Å²) in [5.41, 5.74) is 9.08. The van der Waals surface area contributed by atoms with Crippen LogP contribution in [-0.4, -0.2) is 45.9 Å². The number of Topliss-reactive ketones (excluding diaryl/α,β-unsaturated/α-hetero) is 1. The number of nitrogens with two attached hydrogens (primary N) is 1. The molecule has 2 aromatic rings. The molecule has 32 heavy (non-hydrogen) atoms. The number of likely N-dealkylation sites (tertiary alicyclic amines) is 1. The van der Waals surface area contributed by atoms with Crippen molar-refractivity contribution in [3.05, 3.63) is 41.0 Å². The van der Waals surface area contributed by atoms with Crippen LogP contribution in [0.2, 0.25) is 0 Å². The maximum atomic E-state index is 13.1. The van der Waals surface area contributed by atoms with Crippen molar-refractivity contribution in [2.24, 2.45) is 0 Å². The molecule has 2 N–H and O–H groups in total. The zero-order valence-corrected chi connectivity index (χ0v) is 19.0. The predicted molar refractivity (Wildman–Crippen MR) is 125 cm³/mol. The molecule has 5 rings (SSSR count). The number of rotatable bonds is 8. The molecule has 1 aliphatic carbocycles. The second kappa shape index (κ2) is 8.70. The van der Waals surface area contributed by atoms with E-state index < -0.39 is 5.54 Å². The van der Waals surface area contributed by atoms with Gasteiger partial charge in [0.15, 0.2) is 5.78 Å². The van der Waals surface area contributed by atoms with Crippen LogP contribution in [0.5, 0.6) is 6.01 Å². The van der Waals surface area contributed by atoms with E-state index in [1.165, 1.54) is 37.1 Å². The van der Waals surface area contributed by atoms with Gasteiger partial charge in [-0.2, -0.15) is 9.97 Å². The molecule has 170 valence electrons. The number of nitrogen functional groups attached to an aromatic ring is 1. The number of anilines is 2. The molecule has 7 nitrogen and oxygen atoms in total. The molecule has 2 aliphatic heterocycles. The van der Waals surface area contributed by atoms with Crippen molar-refractivity contribution in [3.8, 4) is 6.01 Å². The van der Waals surface area contributed by atoms with Gasteiger partial charge in [0.25, 0.3) is 0 Å². The Bertz CT molecular complexity index is 998. The molecule has 0 amide bonds. The summed E-state index contributed by atoms with van der Waals surface area (Å²) in [7, 11) is 0. The number of carbonyl (C=O) groups is 1. The number of fused-ring (bicyclic) bond motifs is 1. The van der Waals surface area contributed by atoms with Crippen molar-refractivity contribution < 1.29 is 9.53 Å². The standard InChI is InChI=1S/C25H33N5O2/c1-2-3-13-32-24-27-22(26)20-15-21(31)25(9-10-25)30(23(20)28-24)17-19-8-6-7-18(14-19)16-29-11-4-5-12-29/h6-8,14H,2-5,9-13,15-17H2,1H3,(H2,26,27,28). The average molecular weight is 436 g/mol. The number of hydrogen-bond acceptors (Lipinski definition) is 7. The molecule has 0 unspecified atom stereocenters. The summed E-state index contributed by atoms with van der Waals surface area (Å²) in [5, 5.41) is 0. The molecule has 0 bridgehead atoms. The SMILES string of the molecule is CCCCOc1nc(N)c2c(n1)N(Cc1cccc(CN3CCCC3)c1)C1(CC1)C(=O)C2. The second-order valence-electron chi connectivity index (χ2n) is 9.42. The van der Waals surface area contributed by atoms with E-state index in [0.717, 1.165) is 43.6 Å². The molecule has 3 heterocycles. The molecule has 2 fully saturated rings. The Morgan fingerprint density at radius 1 is 1.12 bits per heavy atom. The average Bonchev–Trinajstić information content (AvgIpc) is 3.42. The minimum Gasteiger partial charge on any atom is -0.463 e. The first-order chi connectivity index (χ1) is 15.6. The van der Waals surface area contributed by atoms with Crippen molar-refractivity contribution in [2.75, 3.05) is 30.3 Å². The number of nitrogens with zero attached hydrogens (tertiary/aromatic N) is 4. The van der Waals surface area contributed by atoms with E-state index in [9.17, 15) is 4.79 Å². The lowest BCUT2D eigenvalue weighted by Gasteiger charge is -2.37. The van der Waals surface area contributed by atoms with Crippen LogP contribution in [-0.2, 0) is 24.3 Å². The lowest BCUT2D eigenvalue weighted by atomic mass is 9.94. The first kappa shape index (κ1) is 21.2. The van der Waals surface area contributed by atoms with Gasteiger partial charge < -0.3 is 15.4 Å². The summed E-state index contributed by atoms with van der Waals surface area (Å²) in [6.45, 7) is 6.66. The van der Waals surface area contributed by atoms with E-state index in [-0.39, 0.29) is 5.78 Å². The molecular weight excluding hydrogens is 402 g/mol. The highest BCUT2D eigenvalue weighted by Gasteiger charge is 2.57. The first-order valence-electron chi connectivity index (χ1n) is 12.0. The van der Waals surface area contributed by atoms with Crippen LogP contribution in [0.25, 0.3) is 0 Å². The minimum atomic E-state index is -0.445. The fourth-order valence-electron chi connectivity index (χ4n) is 5.01. The Hall–Kier alpha value is -2.67. The molecule has 1 aromatic heterocycles. The molecule has 1 spiro atoms. The minimum absolute atomic E-state index is 0.230. The summed E-state index contributed by atoms with van der Waals surface area (Å²) in [4.78, 5) is 26.9. The fourth-order valence-corrected chi connectivity index (χ4v) is 5.01. The van der Waals surface area contributed by atoms with Gasteiger partial charge in [-0.25, -0.2) is 0 Å².